The van der Waals surface area contributed by atoms with E-state index in [0.717, 1.165) is 14.9 Å². The summed E-state index contributed by atoms with van der Waals surface area (Å²) in [6.45, 7) is 0. The first-order chi connectivity index (χ1) is 8.97. The van der Waals surface area contributed by atoms with Gasteiger partial charge in [0.15, 0.2) is 0 Å². The summed E-state index contributed by atoms with van der Waals surface area (Å²) in [5, 5.41) is 14.5. The van der Waals surface area contributed by atoms with Crippen LogP contribution in [0.15, 0.2) is 36.4 Å². The Morgan fingerprint density at radius 2 is 1.89 bits per heavy atom. The molecule has 0 atom stereocenters. The molecule has 0 saturated heterocycles. The van der Waals surface area contributed by atoms with E-state index in [9.17, 15) is 10.1 Å². The van der Waals surface area contributed by atoms with Crippen molar-refractivity contribution in [2.75, 3.05) is 5.32 Å². The summed E-state index contributed by atoms with van der Waals surface area (Å²) >= 11 is 10.2. The van der Waals surface area contributed by atoms with Crippen molar-refractivity contribution < 1.29 is 4.92 Å². The standard InChI is InChI=1S/C12H7ClI2N2O2/c13-9-5-7(14)1-3-11(9)16-8-2-4-12(17(18)19)10(15)6-8/h1-6,16H. The van der Waals surface area contributed by atoms with Crippen LogP contribution < -0.4 is 5.32 Å². The van der Waals surface area contributed by atoms with Crippen molar-refractivity contribution in [2.45, 2.75) is 0 Å². The van der Waals surface area contributed by atoms with E-state index in [1.807, 2.05) is 40.8 Å². The molecule has 0 saturated carbocycles. The van der Waals surface area contributed by atoms with E-state index in [2.05, 4.69) is 27.9 Å². The Bertz CT molecular complexity index is 650. The van der Waals surface area contributed by atoms with Crippen molar-refractivity contribution in [3.05, 3.63) is 58.7 Å². The van der Waals surface area contributed by atoms with Crippen molar-refractivity contribution in [3.63, 3.8) is 0 Å². The molecule has 0 radical (unpaired) electrons. The topological polar surface area (TPSA) is 55.2 Å². The predicted molar refractivity (Wildman–Crippen MR) is 93.3 cm³/mol. The first-order valence-electron chi connectivity index (χ1n) is 5.13. The summed E-state index contributed by atoms with van der Waals surface area (Å²) in [4.78, 5) is 10.3. The molecule has 0 aliphatic heterocycles. The van der Waals surface area contributed by atoms with Gasteiger partial charge in [0.25, 0.3) is 5.69 Å². The maximum atomic E-state index is 10.7. The van der Waals surface area contributed by atoms with Crippen molar-refractivity contribution in [1.82, 2.24) is 0 Å². The Labute approximate surface area is 142 Å². The van der Waals surface area contributed by atoms with Crippen LogP contribution in [0, 0.1) is 17.3 Å². The number of nitro groups is 1. The van der Waals surface area contributed by atoms with Crippen LogP contribution in [0.5, 0.6) is 0 Å². The molecule has 0 fully saturated rings. The van der Waals surface area contributed by atoms with Crippen molar-refractivity contribution in [2.24, 2.45) is 0 Å². The second kappa shape index (κ2) is 6.23. The van der Waals surface area contributed by atoms with Crippen LogP contribution in [-0.4, -0.2) is 4.92 Å². The molecule has 7 heteroatoms. The van der Waals surface area contributed by atoms with E-state index in [-0.39, 0.29) is 5.69 Å². The van der Waals surface area contributed by atoms with Crippen LogP contribution in [0.2, 0.25) is 5.02 Å². The molecule has 0 spiro atoms. The van der Waals surface area contributed by atoms with Gasteiger partial charge < -0.3 is 5.32 Å². The highest BCUT2D eigenvalue weighted by molar-refractivity contribution is 14.1. The molecule has 2 rings (SSSR count). The van der Waals surface area contributed by atoms with Crippen LogP contribution in [-0.2, 0) is 0 Å². The number of hydrogen-bond donors (Lipinski definition) is 1. The van der Waals surface area contributed by atoms with Gasteiger partial charge in [-0.05, 0) is 75.5 Å². The van der Waals surface area contributed by atoms with Crippen molar-refractivity contribution >= 4 is 73.8 Å². The van der Waals surface area contributed by atoms with E-state index in [0.29, 0.717) is 8.59 Å². The zero-order valence-electron chi connectivity index (χ0n) is 9.36. The first-order valence-corrected chi connectivity index (χ1v) is 7.67. The minimum absolute atomic E-state index is 0.0971. The first kappa shape index (κ1) is 14.8. The van der Waals surface area contributed by atoms with Crippen LogP contribution in [0.3, 0.4) is 0 Å². The van der Waals surface area contributed by atoms with E-state index in [4.69, 9.17) is 11.6 Å². The molecule has 19 heavy (non-hydrogen) atoms. The largest absolute Gasteiger partial charge is 0.354 e. The monoisotopic (exact) mass is 500 g/mol. The number of benzene rings is 2. The maximum absolute atomic E-state index is 10.7. The third kappa shape index (κ3) is 3.69. The summed E-state index contributed by atoms with van der Waals surface area (Å²) < 4.78 is 1.63. The van der Waals surface area contributed by atoms with Gasteiger partial charge in [-0.15, -0.1) is 0 Å². The molecule has 2 aromatic carbocycles. The minimum Gasteiger partial charge on any atom is -0.354 e. The Morgan fingerprint density at radius 1 is 1.16 bits per heavy atom. The Balaban J connectivity index is 2.29. The van der Waals surface area contributed by atoms with Crippen LogP contribution in [0.4, 0.5) is 17.1 Å². The van der Waals surface area contributed by atoms with E-state index in [1.54, 1.807) is 12.1 Å². The number of hydrogen-bond acceptors (Lipinski definition) is 3. The number of nitro benzene ring substituents is 1. The molecule has 0 amide bonds. The fourth-order valence-corrected chi connectivity index (χ4v) is 3.09. The summed E-state index contributed by atoms with van der Waals surface area (Å²) in [7, 11) is 0. The highest BCUT2D eigenvalue weighted by Gasteiger charge is 2.12. The molecule has 0 aliphatic carbocycles. The summed E-state index contributed by atoms with van der Waals surface area (Å²) in [6.07, 6.45) is 0. The highest BCUT2D eigenvalue weighted by atomic mass is 127. The van der Waals surface area contributed by atoms with Gasteiger partial charge in [0.1, 0.15) is 0 Å². The van der Waals surface area contributed by atoms with Gasteiger partial charge in [-0.25, -0.2) is 0 Å². The average Bonchev–Trinajstić information content (AvgIpc) is 2.32. The van der Waals surface area contributed by atoms with Crippen LogP contribution in [0.1, 0.15) is 0 Å². The maximum Gasteiger partial charge on any atom is 0.282 e. The van der Waals surface area contributed by atoms with Crippen molar-refractivity contribution in [1.29, 1.82) is 0 Å². The second-order valence-electron chi connectivity index (χ2n) is 3.67. The lowest BCUT2D eigenvalue weighted by atomic mass is 10.2. The van der Waals surface area contributed by atoms with Crippen LogP contribution in [0.25, 0.3) is 0 Å². The molecule has 0 aliphatic rings. The molecule has 2 aromatic rings. The second-order valence-corrected chi connectivity index (χ2v) is 6.49. The zero-order chi connectivity index (χ0) is 14.0. The predicted octanol–water partition coefficient (Wildman–Crippen LogP) is 5.20. The minimum atomic E-state index is -0.399. The van der Waals surface area contributed by atoms with E-state index in [1.165, 1.54) is 6.07 Å². The lowest BCUT2D eigenvalue weighted by Crippen LogP contribution is -1.95. The van der Waals surface area contributed by atoms with Gasteiger partial charge in [0.05, 0.1) is 19.2 Å². The third-order valence-corrected chi connectivity index (χ3v) is 4.20. The smallest absolute Gasteiger partial charge is 0.282 e. The molecular formula is C12H7ClI2N2O2. The van der Waals surface area contributed by atoms with Gasteiger partial charge in [-0.1, -0.05) is 11.6 Å². The number of nitrogens with one attached hydrogen (secondary N) is 1. The lowest BCUT2D eigenvalue weighted by Gasteiger charge is -2.09. The molecular weight excluding hydrogens is 493 g/mol. The summed E-state index contributed by atoms with van der Waals surface area (Å²) in [5.74, 6) is 0. The highest BCUT2D eigenvalue weighted by Crippen LogP contribution is 2.30. The zero-order valence-corrected chi connectivity index (χ0v) is 14.4. The Kier molecular flexibility index (Phi) is 4.85. The van der Waals surface area contributed by atoms with Gasteiger partial charge in [0.2, 0.25) is 0 Å². The summed E-state index contributed by atoms with van der Waals surface area (Å²) in [6, 6.07) is 10.5. The molecule has 1 N–H and O–H groups in total. The number of halogens is 3. The van der Waals surface area contributed by atoms with Gasteiger partial charge in [-0.2, -0.15) is 0 Å². The van der Waals surface area contributed by atoms with Crippen molar-refractivity contribution in [3.8, 4) is 0 Å². The SMILES string of the molecule is O=[N+]([O-])c1ccc(Nc2ccc(I)cc2Cl)cc1I. The number of rotatable bonds is 3. The van der Waals surface area contributed by atoms with E-state index < -0.39 is 4.92 Å². The lowest BCUT2D eigenvalue weighted by molar-refractivity contribution is -0.385. The van der Waals surface area contributed by atoms with Gasteiger partial charge in [-0.3, -0.25) is 10.1 Å². The molecule has 0 aromatic heterocycles. The number of anilines is 2. The average molecular weight is 500 g/mol. The quantitative estimate of drug-likeness (QED) is 0.358. The Hall–Kier alpha value is -0.610. The molecule has 0 unspecified atom stereocenters. The molecule has 98 valence electrons. The molecule has 0 bridgehead atoms. The number of nitrogens with zero attached hydrogens (tertiary/aromatic N) is 1. The molecule has 0 heterocycles. The fraction of sp³-hybridized carbons (Fsp3) is 0. The summed E-state index contributed by atoms with van der Waals surface area (Å²) in [5.41, 5.74) is 1.63. The Morgan fingerprint density at radius 3 is 2.47 bits per heavy atom. The normalized spacial score (nSPS) is 10.3. The van der Waals surface area contributed by atoms with Crippen LogP contribution >= 0.6 is 56.8 Å². The molecule has 4 nitrogen and oxygen atoms in total. The third-order valence-electron chi connectivity index (χ3n) is 2.35. The van der Waals surface area contributed by atoms with Gasteiger partial charge in [0, 0.05) is 15.3 Å². The van der Waals surface area contributed by atoms with Gasteiger partial charge >= 0.3 is 0 Å². The fourth-order valence-electron chi connectivity index (χ4n) is 1.48. The van der Waals surface area contributed by atoms with E-state index >= 15 is 0 Å².